The Morgan fingerprint density at radius 3 is 2.61 bits per heavy atom. The highest BCUT2D eigenvalue weighted by atomic mass is 19.1. The minimum absolute atomic E-state index is 0.0599. The van der Waals surface area contributed by atoms with Gasteiger partial charge in [-0.15, -0.1) is 0 Å². The molecule has 2 N–H and O–H groups in total. The quantitative estimate of drug-likeness (QED) is 0.218. The summed E-state index contributed by atoms with van der Waals surface area (Å²) in [5, 5.41) is 22.1. The van der Waals surface area contributed by atoms with E-state index in [1.165, 1.54) is 25.2 Å². The van der Waals surface area contributed by atoms with E-state index in [1.807, 2.05) is 0 Å². The number of halogens is 1. The number of aliphatic hydroxyl groups excluding tert-OH is 2. The maximum Gasteiger partial charge on any atom is 0.332 e. The van der Waals surface area contributed by atoms with Crippen LogP contribution in [0.4, 0.5) is 4.39 Å². The topological polar surface area (TPSA) is 144 Å². The molecule has 206 valence electrons. The SMILES string of the molecule is C=CC(=O)OC(O)C(=O)[C@@]1(OC(=O)CC)[C@@H](C)C[C@H]2[C@@H]3CCC4=CC(=O)C=C[C@]4(C)[C@@]3(F)[C@@H](O)C[C@@]21C=O. The van der Waals surface area contributed by atoms with E-state index in [2.05, 4.69) is 6.58 Å². The van der Waals surface area contributed by atoms with Crippen LogP contribution in [0.3, 0.4) is 0 Å². The first kappa shape index (κ1) is 28.0. The summed E-state index contributed by atoms with van der Waals surface area (Å²) < 4.78 is 27.9. The Bertz CT molecular complexity index is 1160. The highest BCUT2D eigenvalue weighted by Crippen LogP contribution is 2.71. The number of aliphatic hydroxyl groups is 2. The second kappa shape index (κ2) is 9.34. The molecule has 4 aliphatic carbocycles. The zero-order chi connectivity index (χ0) is 28.3. The Hall–Kier alpha value is -2.98. The van der Waals surface area contributed by atoms with Crippen molar-refractivity contribution >= 4 is 29.8 Å². The molecular weight excluding hydrogens is 499 g/mol. The van der Waals surface area contributed by atoms with E-state index in [1.54, 1.807) is 13.8 Å². The lowest BCUT2D eigenvalue weighted by Crippen LogP contribution is -2.71. The third-order valence-electron chi connectivity index (χ3n) is 9.54. The van der Waals surface area contributed by atoms with Gasteiger partial charge in [-0.25, -0.2) is 9.18 Å². The van der Waals surface area contributed by atoms with E-state index in [0.717, 1.165) is 6.08 Å². The minimum Gasteiger partial charge on any atom is -0.449 e. The Balaban J connectivity index is 1.88. The molecule has 0 radical (unpaired) electrons. The van der Waals surface area contributed by atoms with Crippen molar-refractivity contribution in [2.75, 3.05) is 0 Å². The Labute approximate surface area is 219 Å². The second-order valence-electron chi connectivity index (χ2n) is 11.1. The molecule has 0 spiro atoms. The van der Waals surface area contributed by atoms with Gasteiger partial charge in [0, 0.05) is 29.7 Å². The van der Waals surface area contributed by atoms with E-state index in [4.69, 9.17) is 9.47 Å². The van der Waals surface area contributed by atoms with Crippen LogP contribution in [0, 0.1) is 28.6 Å². The molecule has 3 fully saturated rings. The molecule has 0 aliphatic heterocycles. The van der Waals surface area contributed by atoms with E-state index < -0.39 is 76.4 Å². The van der Waals surface area contributed by atoms with Crippen molar-refractivity contribution in [3.8, 4) is 0 Å². The maximum atomic E-state index is 17.4. The van der Waals surface area contributed by atoms with Crippen molar-refractivity contribution in [3.63, 3.8) is 0 Å². The first-order chi connectivity index (χ1) is 17.8. The number of rotatable bonds is 7. The number of carbonyl (C=O) groups is 5. The number of hydrogen-bond acceptors (Lipinski definition) is 9. The molecule has 0 aromatic heterocycles. The fourth-order valence-corrected chi connectivity index (χ4v) is 7.80. The number of fused-ring (bicyclic) bond motifs is 5. The van der Waals surface area contributed by atoms with Crippen molar-refractivity contribution in [2.45, 2.75) is 76.5 Å². The molecule has 10 heteroatoms. The van der Waals surface area contributed by atoms with E-state index in [0.29, 0.717) is 18.3 Å². The Kier molecular flexibility index (Phi) is 6.89. The molecule has 3 saturated carbocycles. The summed E-state index contributed by atoms with van der Waals surface area (Å²) in [6.07, 6.45) is 0.857. The first-order valence-electron chi connectivity index (χ1n) is 12.8. The van der Waals surface area contributed by atoms with Crippen molar-refractivity contribution in [1.29, 1.82) is 0 Å². The van der Waals surface area contributed by atoms with Crippen LogP contribution in [0.1, 0.15) is 52.9 Å². The zero-order valence-electron chi connectivity index (χ0n) is 21.6. The summed E-state index contributed by atoms with van der Waals surface area (Å²) in [7, 11) is 0. The molecule has 4 aliphatic rings. The van der Waals surface area contributed by atoms with Gasteiger partial charge in [0.15, 0.2) is 17.1 Å². The van der Waals surface area contributed by atoms with E-state index in [-0.39, 0.29) is 25.0 Å². The molecule has 0 heterocycles. The molecule has 1 unspecified atom stereocenters. The lowest BCUT2D eigenvalue weighted by Gasteiger charge is -2.62. The molecule has 0 aromatic rings. The first-order valence-corrected chi connectivity index (χ1v) is 12.8. The summed E-state index contributed by atoms with van der Waals surface area (Å²) in [4.78, 5) is 63.4. The number of alkyl halides is 1. The number of hydrogen-bond donors (Lipinski definition) is 2. The summed E-state index contributed by atoms with van der Waals surface area (Å²) in [6, 6.07) is 0. The molecule has 9 nitrogen and oxygen atoms in total. The number of allylic oxidation sites excluding steroid dienone is 4. The van der Waals surface area contributed by atoms with Crippen LogP contribution in [0.5, 0.6) is 0 Å². The molecule has 4 rings (SSSR count). The molecule has 9 atom stereocenters. The standard InChI is InChI=1S/C28H33FO9/c1-5-21(33)37-24(36)23(35)28(38-22(34)6-2)15(3)11-19-18-8-7-16-12-17(31)9-10-25(16,4)27(18,29)20(32)13-26(19,28)14-30/h5,9-10,12,14-15,18-20,24,32,36H,1,6-8,11,13H2,2-4H3/t15-,18-,19-,20-,24?,25-,26+,27-,28-/m0/s1. The van der Waals surface area contributed by atoms with Crippen LogP contribution < -0.4 is 0 Å². The van der Waals surface area contributed by atoms with Crippen LogP contribution in [-0.4, -0.2) is 63.7 Å². The van der Waals surface area contributed by atoms with Gasteiger partial charge in [0.25, 0.3) is 6.29 Å². The van der Waals surface area contributed by atoms with E-state index in [9.17, 15) is 34.2 Å². The smallest absolute Gasteiger partial charge is 0.332 e. The number of ether oxygens (including phenoxy) is 2. The Morgan fingerprint density at radius 2 is 2.00 bits per heavy atom. The number of Topliss-reactive ketones (excluding diaryl/α,β-unsaturated/α-hetero) is 1. The van der Waals surface area contributed by atoms with Gasteiger partial charge in [-0.2, -0.15) is 0 Å². The van der Waals surface area contributed by atoms with Crippen molar-refractivity contribution in [3.05, 3.63) is 36.5 Å². The van der Waals surface area contributed by atoms with Crippen molar-refractivity contribution < 1.29 is 48.0 Å². The molecule has 38 heavy (non-hydrogen) atoms. The fraction of sp³-hybridized carbons (Fsp3) is 0.607. The van der Waals surface area contributed by atoms with Gasteiger partial charge in [-0.3, -0.25) is 14.4 Å². The predicted molar refractivity (Wildman–Crippen MR) is 130 cm³/mol. The molecule has 0 amide bonds. The summed E-state index contributed by atoms with van der Waals surface area (Å²) in [5.74, 6) is -6.21. The number of aldehydes is 1. The van der Waals surface area contributed by atoms with Gasteiger partial charge in [0.1, 0.15) is 6.29 Å². The zero-order valence-corrected chi connectivity index (χ0v) is 21.6. The van der Waals surface area contributed by atoms with Crippen LogP contribution in [-0.2, 0) is 33.4 Å². The van der Waals surface area contributed by atoms with Crippen LogP contribution in [0.2, 0.25) is 0 Å². The van der Waals surface area contributed by atoms with Gasteiger partial charge < -0.3 is 24.5 Å². The highest BCUT2D eigenvalue weighted by molar-refractivity contribution is 6.01. The number of ketones is 2. The molecule has 0 bridgehead atoms. The second-order valence-corrected chi connectivity index (χ2v) is 11.1. The Morgan fingerprint density at radius 1 is 1.32 bits per heavy atom. The fourth-order valence-electron chi connectivity index (χ4n) is 7.80. The summed E-state index contributed by atoms with van der Waals surface area (Å²) in [5.41, 5.74) is -7.34. The van der Waals surface area contributed by atoms with Gasteiger partial charge in [0.2, 0.25) is 5.78 Å². The largest absolute Gasteiger partial charge is 0.449 e. The summed E-state index contributed by atoms with van der Waals surface area (Å²) in [6.45, 7) is 7.86. The predicted octanol–water partition coefficient (Wildman–Crippen LogP) is 2.09. The lowest BCUT2D eigenvalue weighted by molar-refractivity contribution is -0.232. The monoisotopic (exact) mass is 532 g/mol. The number of carbonyl (C=O) groups excluding carboxylic acids is 5. The third kappa shape index (κ3) is 3.45. The molecular formula is C28H33FO9. The molecule has 0 saturated heterocycles. The van der Waals surface area contributed by atoms with Crippen molar-refractivity contribution in [2.24, 2.45) is 28.6 Å². The van der Waals surface area contributed by atoms with Gasteiger partial charge in [-0.05, 0) is 50.7 Å². The van der Waals surface area contributed by atoms with E-state index >= 15 is 4.39 Å². The normalized spacial score (nSPS) is 42.1. The van der Waals surface area contributed by atoms with Crippen LogP contribution in [0.15, 0.2) is 36.5 Å². The highest BCUT2D eigenvalue weighted by Gasteiger charge is 2.79. The van der Waals surface area contributed by atoms with Gasteiger partial charge in [0.05, 0.1) is 11.5 Å². The van der Waals surface area contributed by atoms with Gasteiger partial charge in [-0.1, -0.05) is 32.1 Å². The van der Waals surface area contributed by atoms with Crippen molar-refractivity contribution in [1.82, 2.24) is 0 Å². The van der Waals surface area contributed by atoms with Crippen LogP contribution in [0.25, 0.3) is 0 Å². The lowest BCUT2D eigenvalue weighted by atomic mass is 9.44. The van der Waals surface area contributed by atoms with Gasteiger partial charge >= 0.3 is 11.9 Å². The maximum absolute atomic E-state index is 17.4. The summed E-state index contributed by atoms with van der Waals surface area (Å²) >= 11 is 0. The number of esters is 2. The minimum atomic E-state index is -2.40. The molecule has 0 aromatic carbocycles. The third-order valence-corrected chi connectivity index (χ3v) is 9.54. The average molecular weight is 533 g/mol. The van der Waals surface area contributed by atoms with Crippen LogP contribution >= 0.6 is 0 Å². The average Bonchev–Trinajstić information content (AvgIpc) is 3.12.